The summed E-state index contributed by atoms with van der Waals surface area (Å²) in [6.45, 7) is 4.95. The Hall–Kier alpha value is -2.29. The van der Waals surface area contributed by atoms with Crippen LogP contribution in [0, 0.1) is 5.82 Å². The number of morpholine rings is 1. The molecule has 29 heavy (non-hydrogen) atoms. The number of halogens is 1. The van der Waals surface area contributed by atoms with Gasteiger partial charge in [-0.3, -0.25) is 4.79 Å². The van der Waals surface area contributed by atoms with Gasteiger partial charge in [-0.15, -0.1) is 0 Å². The van der Waals surface area contributed by atoms with Gasteiger partial charge in [-0.2, -0.15) is 4.31 Å². The third kappa shape index (κ3) is 4.66. The maximum absolute atomic E-state index is 14.4. The fourth-order valence-corrected chi connectivity index (χ4v) is 4.72. The lowest BCUT2D eigenvalue weighted by Crippen LogP contribution is -2.41. The molecule has 0 radical (unpaired) electrons. The predicted molar refractivity (Wildman–Crippen MR) is 109 cm³/mol. The predicted octanol–water partition coefficient (Wildman–Crippen LogP) is 3.61. The highest BCUT2D eigenvalue weighted by atomic mass is 32.2. The summed E-state index contributed by atoms with van der Waals surface area (Å²) < 4.78 is 46.3. The second-order valence-electron chi connectivity index (χ2n) is 7.01. The molecule has 1 amide bonds. The van der Waals surface area contributed by atoms with E-state index in [0.717, 1.165) is 24.1 Å². The fraction of sp³-hybridized carbons (Fsp3) is 0.381. The van der Waals surface area contributed by atoms with Crippen LogP contribution in [0.25, 0.3) is 0 Å². The first kappa shape index (κ1) is 21.4. The van der Waals surface area contributed by atoms with Crippen molar-refractivity contribution in [3.8, 4) is 0 Å². The van der Waals surface area contributed by atoms with E-state index in [1.807, 2.05) is 18.2 Å². The van der Waals surface area contributed by atoms with E-state index in [-0.39, 0.29) is 37.8 Å². The minimum absolute atomic E-state index is 0.0807. The Morgan fingerprint density at radius 2 is 1.90 bits per heavy atom. The maximum atomic E-state index is 14.4. The van der Waals surface area contributed by atoms with Crippen molar-refractivity contribution in [1.82, 2.24) is 4.31 Å². The number of sulfonamides is 1. The molecule has 3 rings (SSSR count). The number of nitrogens with one attached hydrogen (secondary N) is 1. The standard InChI is InChI=1S/C21H25FN2O4S/c1-3-15(2)17-6-4-5-7-19(17)23-21(25)16-8-9-18(22)20(14-16)29(26,27)24-10-12-28-13-11-24/h4-9,14-15H,3,10-13H2,1-2H3,(H,23,25). The lowest BCUT2D eigenvalue weighted by molar-refractivity contribution is 0.0729. The number of hydrogen-bond donors (Lipinski definition) is 1. The highest BCUT2D eigenvalue weighted by Gasteiger charge is 2.29. The summed E-state index contributed by atoms with van der Waals surface area (Å²) in [4.78, 5) is 12.3. The van der Waals surface area contributed by atoms with Crippen molar-refractivity contribution >= 4 is 21.6 Å². The quantitative estimate of drug-likeness (QED) is 0.775. The highest BCUT2D eigenvalue weighted by molar-refractivity contribution is 7.89. The summed E-state index contributed by atoms with van der Waals surface area (Å²) in [5, 5.41) is 2.83. The fourth-order valence-electron chi connectivity index (χ4n) is 3.22. The van der Waals surface area contributed by atoms with Gasteiger partial charge in [0, 0.05) is 24.3 Å². The SMILES string of the molecule is CCC(C)c1ccccc1NC(=O)c1ccc(F)c(S(=O)(=O)N2CCOCC2)c1. The van der Waals surface area contributed by atoms with Gasteiger partial charge < -0.3 is 10.1 Å². The molecule has 0 saturated carbocycles. The first-order chi connectivity index (χ1) is 13.8. The molecule has 156 valence electrons. The number of benzene rings is 2. The number of ether oxygens (including phenoxy) is 1. The number of nitrogens with zero attached hydrogens (tertiary/aromatic N) is 1. The minimum Gasteiger partial charge on any atom is -0.379 e. The summed E-state index contributed by atoms with van der Waals surface area (Å²) in [6.07, 6.45) is 0.908. The zero-order valence-electron chi connectivity index (χ0n) is 16.5. The Morgan fingerprint density at radius 1 is 1.21 bits per heavy atom. The van der Waals surface area contributed by atoms with E-state index in [4.69, 9.17) is 4.74 Å². The first-order valence-corrected chi connectivity index (χ1v) is 11.1. The van der Waals surface area contributed by atoms with Crippen molar-refractivity contribution in [2.75, 3.05) is 31.6 Å². The van der Waals surface area contributed by atoms with Crippen molar-refractivity contribution in [2.24, 2.45) is 0 Å². The monoisotopic (exact) mass is 420 g/mol. The van der Waals surface area contributed by atoms with Gasteiger partial charge in [0.1, 0.15) is 10.7 Å². The number of carbonyl (C=O) groups excluding carboxylic acids is 1. The van der Waals surface area contributed by atoms with E-state index >= 15 is 0 Å². The van der Waals surface area contributed by atoms with Gasteiger partial charge in [-0.05, 0) is 42.2 Å². The molecule has 1 saturated heterocycles. The molecule has 8 heteroatoms. The molecule has 1 aliphatic heterocycles. The van der Waals surface area contributed by atoms with Crippen molar-refractivity contribution in [3.63, 3.8) is 0 Å². The molecular weight excluding hydrogens is 395 g/mol. The Kier molecular flexibility index (Phi) is 6.66. The third-order valence-corrected chi connectivity index (χ3v) is 7.05. The van der Waals surface area contributed by atoms with Gasteiger partial charge in [0.2, 0.25) is 10.0 Å². The molecule has 1 atom stereocenters. The van der Waals surface area contributed by atoms with Crippen LogP contribution in [0.5, 0.6) is 0 Å². The van der Waals surface area contributed by atoms with Crippen LogP contribution in [0.2, 0.25) is 0 Å². The molecule has 2 aromatic rings. The summed E-state index contributed by atoms with van der Waals surface area (Å²) in [6, 6.07) is 10.9. The van der Waals surface area contributed by atoms with Gasteiger partial charge in [0.25, 0.3) is 5.91 Å². The molecule has 6 nitrogen and oxygen atoms in total. The number of hydrogen-bond acceptors (Lipinski definition) is 4. The van der Waals surface area contributed by atoms with Crippen molar-refractivity contribution in [2.45, 2.75) is 31.1 Å². The van der Waals surface area contributed by atoms with Crippen molar-refractivity contribution in [3.05, 3.63) is 59.4 Å². The van der Waals surface area contributed by atoms with Gasteiger partial charge in [0.15, 0.2) is 0 Å². The van der Waals surface area contributed by atoms with Crippen LogP contribution in [0.15, 0.2) is 47.4 Å². The second kappa shape index (κ2) is 9.02. The van der Waals surface area contributed by atoms with Gasteiger partial charge in [0.05, 0.1) is 13.2 Å². The minimum atomic E-state index is -4.05. The largest absolute Gasteiger partial charge is 0.379 e. The molecule has 0 spiro atoms. The van der Waals surface area contributed by atoms with Crippen LogP contribution >= 0.6 is 0 Å². The smallest absolute Gasteiger partial charge is 0.255 e. The summed E-state index contributed by atoms with van der Waals surface area (Å²) >= 11 is 0. The Labute approximate surface area is 170 Å². The number of para-hydroxylation sites is 1. The normalized spacial score (nSPS) is 16.4. The Morgan fingerprint density at radius 3 is 2.59 bits per heavy atom. The average molecular weight is 421 g/mol. The molecule has 0 aromatic heterocycles. The molecular formula is C21H25FN2O4S. The molecule has 1 unspecified atom stereocenters. The highest BCUT2D eigenvalue weighted by Crippen LogP contribution is 2.27. The Bertz CT molecular complexity index is 988. The molecule has 0 bridgehead atoms. The molecule has 1 aliphatic rings. The van der Waals surface area contributed by atoms with E-state index < -0.39 is 26.6 Å². The molecule has 1 N–H and O–H groups in total. The zero-order valence-corrected chi connectivity index (χ0v) is 17.3. The van der Waals surface area contributed by atoms with Crippen LogP contribution in [-0.4, -0.2) is 44.9 Å². The van der Waals surface area contributed by atoms with Crippen LogP contribution in [0.3, 0.4) is 0 Å². The Balaban J connectivity index is 1.89. The molecule has 1 heterocycles. The number of rotatable bonds is 6. The van der Waals surface area contributed by atoms with Crippen LogP contribution < -0.4 is 5.32 Å². The second-order valence-corrected chi connectivity index (χ2v) is 8.92. The van der Waals surface area contributed by atoms with Gasteiger partial charge in [-0.25, -0.2) is 12.8 Å². The molecule has 0 aliphatic carbocycles. The number of carbonyl (C=O) groups is 1. The van der Waals surface area contributed by atoms with Gasteiger partial charge in [-0.1, -0.05) is 32.0 Å². The van der Waals surface area contributed by atoms with Crippen LogP contribution in [0.1, 0.15) is 42.1 Å². The maximum Gasteiger partial charge on any atom is 0.255 e. The molecule has 1 fully saturated rings. The zero-order chi connectivity index (χ0) is 21.0. The average Bonchev–Trinajstić information content (AvgIpc) is 2.74. The van der Waals surface area contributed by atoms with E-state index in [1.165, 1.54) is 10.4 Å². The van der Waals surface area contributed by atoms with E-state index in [1.54, 1.807) is 6.07 Å². The topological polar surface area (TPSA) is 75.7 Å². The van der Waals surface area contributed by atoms with E-state index in [0.29, 0.717) is 5.69 Å². The van der Waals surface area contributed by atoms with E-state index in [2.05, 4.69) is 19.2 Å². The summed E-state index contributed by atoms with van der Waals surface area (Å²) in [5.74, 6) is -1.12. The number of amides is 1. The summed E-state index contributed by atoms with van der Waals surface area (Å²) in [5.41, 5.74) is 1.73. The van der Waals surface area contributed by atoms with Crippen LogP contribution in [-0.2, 0) is 14.8 Å². The molecule has 2 aromatic carbocycles. The van der Waals surface area contributed by atoms with Gasteiger partial charge >= 0.3 is 0 Å². The summed E-state index contributed by atoms with van der Waals surface area (Å²) in [7, 11) is -4.05. The first-order valence-electron chi connectivity index (χ1n) is 9.62. The lowest BCUT2D eigenvalue weighted by Gasteiger charge is -2.26. The third-order valence-electron chi connectivity index (χ3n) is 5.13. The van der Waals surface area contributed by atoms with Crippen molar-refractivity contribution < 1.29 is 22.3 Å². The van der Waals surface area contributed by atoms with E-state index in [9.17, 15) is 17.6 Å². The van der Waals surface area contributed by atoms with Crippen LogP contribution in [0.4, 0.5) is 10.1 Å². The number of anilines is 1. The lowest BCUT2D eigenvalue weighted by atomic mass is 9.97. The van der Waals surface area contributed by atoms with Crippen molar-refractivity contribution in [1.29, 1.82) is 0 Å².